The molecule has 0 bridgehead atoms. The maximum atomic E-state index is 12.3. The Morgan fingerprint density at radius 2 is 2.39 bits per heavy atom. The molecule has 1 aliphatic rings. The Morgan fingerprint density at radius 1 is 1.61 bits per heavy atom. The number of piperidine rings is 1. The van der Waals surface area contributed by atoms with Crippen molar-refractivity contribution in [2.24, 2.45) is 5.73 Å². The Bertz CT molecular complexity index is 509. The van der Waals surface area contributed by atoms with E-state index in [0.717, 1.165) is 38.2 Å². The molecule has 1 atom stereocenters. The molecule has 1 aromatic rings. The molecule has 2 heterocycles. The van der Waals surface area contributed by atoms with E-state index in [1.54, 1.807) is 13.3 Å². The molecule has 1 aliphatic heterocycles. The molecule has 0 spiro atoms. The minimum atomic E-state index is -0.212. The number of nitrogens with zero attached hydrogens (tertiary/aromatic N) is 2. The van der Waals surface area contributed by atoms with Crippen LogP contribution in [0.3, 0.4) is 0 Å². The SMILES string of the molecule is COCCNC(=O)c1cn[nH]c1C1CCCN(CC(C)(C)N)C1. The minimum Gasteiger partial charge on any atom is -0.383 e. The lowest BCUT2D eigenvalue weighted by Gasteiger charge is -2.36. The smallest absolute Gasteiger partial charge is 0.254 e. The fourth-order valence-electron chi connectivity index (χ4n) is 3.16. The molecule has 1 fully saturated rings. The monoisotopic (exact) mass is 323 g/mol. The zero-order valence-corrected chi connectivity index (χ0v) is 14.4. The van der Waals surface area contributed by atoms with Crippen molar-refractivity contribution >= 4 is 5.91 Å². The van der Waals surface area contributed by atoms with Gasteiger partial charge in [0.25, 0.3) is 5.91 Å². The number of H-pyrrole nitrogens is 1. The van der Waals surface area contributed by atoms with Crippen LogP contribution in [-0.2, 0) is 4.74 Å². The second-order valence-electron chi connectivity index (χ2n) is 7.01. The number of ether oxygens (including phenoxy) is 1. The van der Waals surface area contributed by atoms with Gasteiger partial charge in [0.15, 0.2) is 0 Å². The zero-order valence-electron chi connectivity index (χ0n) is 14.4. The highest BCUT2D eigenvalue weighted by atomic mass is 16.5. The van der Waals surface area contributed by atoms with E-state index in [1.807, 2.05) is 13.8 Å². The van der Waals surface area contributed by atoms with Crippen molar-refractivity contribution < 1.29 is 9.53 Å². The first-order chi connectivity index (χ1) is 10.9. The number of carbonyl (C=O) groups excluding carboxylic acids is 1. The summed E-state index contributed by atoms with van der Waals surface area (Å²) in [5.41, 5.74) is 7.50. The number of hydrogen-bond acceptors (Lipinski definition) is 5. The number of carbonyl (C=O) groups is 1. The molecular weight excluding hydrogens is 294 g/mol. The maximum Gasteiger partial charge on any atom is 0.254 e. The van der Waals surface area contributed by atoms with Crippen LogP contribution in [0.2, 0.25) is 0 Å². The van der Waals surface area contributed by atoms with Gasteiger partial charge in [-0.1, -0.05) is 0 Å². The number of amides is 1. The van der Waals surface area contributed by atoms with Gasteiger partial charge in [-0.2, -0.15) is 5.10 Å². The number of rotatable bonds is 7. The summed E-state index contributed by atoms with van der Waals surface area (Å²) < 4.78 is 4.96. The number of aromatic nitrogens is 2. The molecule has 0 radical (unpaired) electrons. The Balaban J connectivity index is 2.01. The molecule has 2 rings (SSSR count). The molecule has 0 saturated carbocycles. The summed E-state index contributed by atoms with van der Waals surface area (Å²) in [6.45, 7) is 7.90. The number of nitrogens with two attached hydrogens (primary N) is 1. The third-order valence-corrected chi connectivity index (χ3v) is 4.05. The molecule has 1 aromatic heterocycles. The van der Waals surface area contributed by atoms with Crippen molar-refractivity contribution in [3.05, 3.63) is 17.5 Å². The van der Waals surface area contributed by atoms with Crippen LogP contribution < -0.4 is 11.1 Å². The Hall–Kier alpha value is -1.44. The molecule has 1 saturated heterocycles. The fraction of sp³-hybridized carbons (Fsp3) is 0.750. The molecule has 0 aliphatic carbocycles. The normalized spacial score (nSPS) is 19.7. The van der Waals surface area contributed by atoms with Gasteiger partial charge in [0.1, 0.15) is 0 Å². The molecular formula is C16H29N5O2. The standard InChI is InChI=1S/C16H29N5O2/c1-16(2,17)11-21-7-4-5-12(10-21)14-13(9-19-20-14)15(22)18-6-8-23-3/h9,12H,4-8,10-11,17H2,1-3H3,(H,18,22)(H,19,20). The van der Waals surface area contributed by atoms with Gasteiger partial charge in [0.2, 0.25) is 0 Å². The van der Waals surface area contributed by atoms with Crippen LogP contribution in [0.5, 0.6) is 0 Å². The molecule has 1 unspecified atom stereocenters. The van der Waals surface area contributed by atoms with E-state index in [-0.39, 0.29) is 17.4 Å². The summed E-state index contributed by atoms with van der Waals surface area (Å²) in [7, 11) is 1.62. The second kappa shape index (κ2) is 7.90. The molecule has 7 nitrogen and oxygen atoms in total. The van der Waals surface area contributed by atoms with E-state index < -0.39 is 0 Å². The van der Waals surface area contributed by atoms with Crippen molar-refractivity contribution in [2.75, 3.05) is 39.9 Å². The number of likely N-dealkylation sites (tertiary alicyclic amines) is 1. The van der Waals surface area contributed by atoms with E-state index in [9.17, 15) is 4.79 Å². The first-order valence-corrected chi connectivity index (χ1v) is 8.22. The van der Waals surface area contributed by atoms with Gasteiger partial charge in [-0.15, -0.1) is 0 Å². The minimum absolute atomic E-state index is 0.0953. The van der Waals surface area contributed by atoms with Gasteiger partial charge >= 0.3 is 0 Å². The van der Waals surface area contributed by atoms with Gasteiger partial charge in [0, 0.05) is 38.2 Å². The number of hydrogen-bond donors (Lipinski definition) is 3. The first kappa shape index (κ1) is 17.9. The lowest BCUT2D eigenvalue weighted by molar-refractivity contribution is 0.0934. The van der Waals surface area contributed by atoms with Crippen molar-refractivity contribution in [1.29, 1.82) is 0 Å². The van der Waals surface area contributed by atoms with Gasteiger partial charge in [-0.3, -0.25) is 9.89 Å². The van der Waals surface area contributed by atoms with E-state index in [4.69, 9.17) is 10.5 Å². The molecule has 23 heavy (non-hydrogen) atoms. The van der Waals surface area contributed by atoms with Gasteiger partial charge in [-0.25, -0.2) is 0 Å². The third kappa shape index (κ3) is 5.30. The van der Waals surface area contributed by atoms with Gasteiger partial charge in [-0.05, 0) is 33.2 Å². The molecule has 130 valence electrons. The number of aromatic amines is 1. The van der Waals surface area contributed by atoms with Crippen LogP contribution in [0.15, 0.2) is 6.20 Å². The van der Waals surface area contributed by atoms with Crippen molar-refractivity contribution in [1.82, 2.24) is 20.4 Å². The largest absolute Gasteiger partial charge is 0.383 e. The zero-order chi connectivity index (χ0) is 16.9. The molecule has 7 heteroatoms. The third-order valence-electron chi connectivity index (χ3n) is 4.05. The van der Waals surface area contributed by atoms with Crippen LogP contribution in [0.1, 0.15) is 48.7 Å². The average molecular weight is 323 g/mol. The second-order valence-corrected chi connectivity index (χ2v) is 7.01. The first-order valence-electron chi connectivity index (χ1n) is 8.22. The van der Waals surface area contributed by atoms with Gasteiger partial charge < -0.3 is 20.7 Å². The highest BCUT2D eigenvalue weighted by Gasteiger charge is 2.28. The van der Waals surface area contributed by atoms with E-state index >= 15 is 0 Å². The summed E-state index contributed by atoms with van der Waals surface area (Å²) in [6.07, 6.45) is 3.77. The van der Waals surface area contributed by atoms with E-state index in [1.165, 1.54) is 0 Å². The van der Waals surface area contributed by atoms with Crippen LogP contribution in [-0.4, -0.2) is 66.4 Å². The highest BCUT2D eigenvalue weighted by molar-refractivity contribution is 5.95. The average Bonchev–Trinajstić information content (AvgIpc) is 2.95. The quantitative estimate of drug-likeness (QED) is 0.642. The van der Waals surface area contributed by atoms with E-state index in [0.29, 0.717) is 18.7 Å². The molecule has 1 amide bonds. The molecule has 4 N–H and O–H groups in total. The summed E-state index contributed by atoms with van der Waals surface area (Å²) in [4.78, 5) is 14.7. The van der Waals surface area contributed by atoms with E-state index in [2.05, 4.69) is 20.4 Å². The fourth-order valence-corrected chi connectivity index (χ4v) is 3.16. The predicted molar refractivity (Wildman–Crippen MR) is 89.5 cm³/mol. The topological polar surface area (TPSA) is 96.3 Å². The van der Waals surface area contributed by atoms with Crippen LogP contribution in [0.4, 0.5) is 0 Å². The lowest BCUT2D eigenvalue weighted by Crippen LogP contribution is -2.48. The Labute approximate surface area is 137 Å². The maximum absolute atomic E-state index is 12.3. The summed E-state index contributed by atoms with van der Waals surface area (Å²) >= 11 is 0. The van der Waals surface area contributed by atoms with Gasteiger partial charge in [0.05, 0.1) is 24.1 Å². The summed E-state index contributed by atoms with van der Waals surface area (Å²) in [5.74, 6) is 0.193. The van der Waals surface area contributed by atoms with Crippen LogP contribution in [0.25, 0.3) is 0 Å². The van der Waals surface area contributed by atoms with Crippen molar-refractivity contribution in [2.45, 2.75) is 38.1 Å². The van der Waals surface area contributed by atoms with Crippen LogP contribution in [0, 0.1) is 0 Å². The van der Waals surface area contributed by atoms with Crippen LogP contribution >= 0.6 is 0 Å². The highest BCUT2D eigenvalue weighted by Crippen LogP contribution is 2.28. The molecule has 0 aromatic carbocycles. The lowest BCUT2D eigenvalue weighted by atomic mass is 9.91. The predicted octanol–water partition coefficient (Wildman–Crippen LogP) is 0.703. The number of methoxy groups -OCH3 is 1. The Morgan fingerprint density at radius 3 is 3.09 bits per heavy atom. The summed E-state index contributed by atoms with van der Waals surface area (Å²) in [5, 5.41) is 9.97. The summed E-state index contributed by atoms with van der Waals surface area (Å²) in [6, 6.07) is 0. The van der Waals surface area contributed by atoms with Crippen molar-refractivity contribution in [3.63, 3.8) is 0 Å². The number of nitrogens with one attached hydrogen (secondary N) is 2. The Kier molecular flexibility index (Phi) is 6.15. The van der Waals surface area contributed by atoms with Crippen molar-refractivity contribution in [3.8, 4) is 0 Å².